The molecule has 3 heterocycles. The van der Waals surface area contributed by atoms with Gasteiger partial charge in [0.05, 0.1) is 21.2 Å². The molecular formula is C18H17Cl2N5OS. The highest BCUT2D eigenvalue weighted by atomic mass is 35.5. The minimum absolute atomic E-state index is 0.0868. The lowest BCUT2D eigenvalue weighted by Crippen LogP contribution is -2.49. The van der Waals surface area contributed by atoms with Gasteiger partial charge in [-0.25, -0.2) is 9.97 Å². The fourth-order valence-electron chi connectivity index (χ4n) is 3.12. The van der Waals surface area contributed by atoms with E-state index >= 15 is 0 Å². The van der Waals surface area contributed by atoms with Gasteiger partial charge in [0.2, 0.25) is 5.91 Å². The van der Waals surface area contributed by atoms with E-state index in [1.807, 2.05) is 23.1 Å². The standard InChI is InChI=1S/C18H17Cl2N5OS/c19-12-2-1-11(9-13(12)20)10-16(26)25-7-5-24(6-8-25)15-4-3-14-17(22-15)23-18(21)27-14/h1-4,9H,5-8,10H2,(H2,21,22,23). The third-order valence-corrected chi connectivity index (χ3v) is 6.13. The Hall–Kier alpha value is -2.09. The first-order chi connectivity index (χ1) is 13.0. The molecule has 0 saturated carbocycles. The molecule has 3 aromatic rings. The van der Waals surface area contributed by atoms with Crippen LogP contribution in [0.25, 0.3) is 10.3 Å². The Labute approximate surface area is 170 Å². The number of fused-ring (bicyclic) bond motifs is 1. The van der Waals surface area contributed by atoms with E-state index in [4.69, 9.17) is 28.9 Å². The van der Waals surface area contributed by atoms with E-state index in [2.05, 4.69) is 14.9 Å². The number of rotatable bonds is 3. The highest BCUT2D eigenvalue weighted by molar-refractivity contribution is 7.21. The number of aromatic nitrogens is 2. The summed E-state index contributed by atoms with van der Waals surface area (Å²) in [7, 11) is 0. The number of pyridine rings is 1. The lowest BCUT2D eigenvalue weighted by Gasteiger charge is -2.35. The second kappa shape index (κ2) is 7.50. The maximum absolute atomic E-state index is 12.6. The first-order valence-corrected chi connectivity index (χ1v) is 10.1. The lowest BCUT2D eigenvalue weighted by molar-refractivity contribution is -0.130. The molecule has 0 spiro atoms. The zero-order valence-electron chi connectivity index (χ0n) is 14.4. The molecule has 6 nitrogen and oxygen atoms in total. The summed E-state index contributed by atoms with van der Waals surface area (Å²) in [4.78, 5) is 25.5. The van der Waals surface area contributed by atoms with Gasteiger partial charge in [-0.1, -0.05) is 40.6 Å². The molecule has 1 amide bonds. The third-order valence-electron chi connectivity index (χ3n) is 4.55. The van der Waals surface area contributed by atoms with Gasteiger partial charge in [0, 0.05) is 26.2 Å². The number of halogens is 2. The first kappa shape index (κ1) is 18.3. The predicted molar refractivity (Wildman–Crippen MR) is 111 cm³/mol. The summed E-state index contributed by atoms with van der Waals surface area (Å²) in [6, 6.07) is 9.27. The summed E-state index contributed by atoms with van der Waals surface area (Å²) in [6.45, 7) is 2.76. The first-order valence-electron chi connectivity index (χ1n) is 8.49. The molecular weight excluding hydrogens is 405 g/mol. The Morgan fingerprint density at radius 3 is 2.59 bits per heavy atom. The van der Waals surface area contributed by atoms with E-state index in [-0.39, 0.29) is 5.91 Å². The molecule has 1 aromatic carbocycles. The molecule has 0 aliphatic carbocycles. The second-order valence-electron chi connectivity index (χ2n) is 6.34. The number of hydrogen-bond acceptors (Lipinski definition) is 6. The molecule has 0 radical (unpaired) electrons. The van der Waals surface area contributed by atoms with E-state index in [9.17, 15) is 4.79 Å². The van der Waals surface area contributed by atoms with Crippen molar-refractivity contribution in [2.45, 2.75) is 6.42 Å². The van der Waals surface area contributed by atoms with Gasteiger partial charge in [0.25, 0.3) is 0 Å². The molecule has 9 heteroatoms. The Morgan fingerprint density at radius 2 is 1.85 bits per heavy atom. The molecule has 1 saturated heterocycles. The number of anilines is 2. The molecule has 2 aromatic heterocycles. The summed E-state index contributed by atoms with van der Waals surface area (Å²) >= 11 is 13.4. The number of amides is 1. The summed E-state index contributed by atoms with van der Waals surface area (Å²) in [5, 5.41) is 1.48. The lowest BCUT2D eigenvalue weighted by atomic mass is 10.1. The minimum Gasteiger partial charge on any atom is -0.375 e. The van der Waals surface area contributed by atoms with Gasteiger partial charge in [-0.2, -0.15) is 0 Å². The number of benzene rings is 1. The number of carbonyl (C=O) groups excluding carboxylic acids is 1. The second-order valence-corrected chi connectivity index (χ2v) is 8.21. The average molecular weight is 422 g/mol. The van der Waals surface area contributed by atoms with Gasteiger partial charge in [-0.3, -0.25) is 4.79 Å². The fraction of sp³-hybridized carbons (Fsp3) is 0.278. The molecule has 140 valence electrons. The van der Waals surface area contributed by atoms with Crippen molar-refractivity contribution in [3.05, 3.63) is 45.9 Å². The van der Waals surface area contributed by atoms with Gasteiger partial charge in [-0.15, -0.1) is 0 Å². The van der Waals surface area contributed by atoms with Gasteiger partial charge in [0.1, 0.15) is 5.82 Å². The van der Waals surface area contributed by atoms with Crippen molar-refractivity contribution in [2.75, 3.05) is 36.8 Å². The van der Waals surface area contributed by atoms with Gasteiger partial charge in [0.15, 0.2) is 10.8 Å². The normalized spacial score (nSPS) is 14.7. The SMILES string of the molecule is Nc1nc2nc(N3CCN(C(=O)Cc4ccc(Cl)c(Cl)c4)CC3)ccc2s1. The number of hydrogen-bond donors (Lipinski definition) is 1. The van der Waals surface area contributed by atoms with E-state index < -0.39 is 0 Å². The largest absolute Gasteiger partial charge is 0.375 e. The van der Waals surface area contributed by atoms with Gasteiger partial charge >= 0.3 is 0 Å². The summed E-state index contributed by atoms with van der Waals surface area (Å²) in [5.74, 6) is 0.952. The van der Waals surface area contributed by atoms with Crippen LogP contribution in [0.5, 0.6) is 0 Å². The van der Waals surface area contributed by atoms with Crippen LogP contribution in [0.1, 0.15) is 5.56 Å². The predicted octanol–water partition coefficient (Wildman–Crippen LogP) is 3.47. The van der Waals surface area contributed by atoms with E-state index in [1.54, 1.807) is 12.1 Å². The minimum atomic E-state index is 0.0868. The Bertz CT molecular complexity index is 1000. The Kier molecular flexibility index (Phi) is 5.08. The number of piperazine rings is 1. The Balaban J connectivity index is 1.38. The fourth-order valence-corrected chi connectivity index (χ4v) is 4.12. The molecule has 1 aliphatic rings. The van der Waals surface area contributed by atoms with Crippen LogP contribution < -0.4 is 10.6 Å². The summed E-state index contributed by atoms with van der Waals surface area (Å²) < 4.78 is 0.978. The number of nitrogens with two attached hydrogens (primary N) is 1. The van der Waals surface area contributed by atoms with Crippen molar-refractivity contribution >= 4 is 61.7 Å². The molecule has 0 atom stereocenters. The van der Waals surface area contributed by atoms with E-state index in [0.717, 1.165) is 29.2 Å². The zero-order valence-corrected chi connectivity index (χ0v) is 16.7. The van der Waals surface area contributed by atoms with Crippen LogP contribution in [-0.4, -0.2) is 47.0 Å². The third kappa shape index (κ3) is 3.95. The molecule has 2 N–H and O–H groups in total. The molecule has 27 heavy (non-hydrogen) atoms. The number of thiazole rings is 1. The highest BCUT2D eigenvalue weighted by Crippen LogP contribution is 2.26. The molecule has 0 unspecified atom stereocenters. The Morgan fingerprint density at radius 1 is 1.07 bits per heavy atom. The van der Waals surface area contributed by atoms with Crippen molar-refractivity contribution in [2.24, 2.45) is 0 Å². The number of nitrogen functional groups attached to an aromatic ring is 1. The smallest absolute Gasteiger partial charge is 0.227 e. The van der Waals surface area contributed by atoms with E-state index in [1.165, 1.54) is 11.3 Å². The maximum Gasteiger partial charge on any atom is 0.227 e. The molecule has 1 aliphatic heterocycles. The average Bonchev–Trinajstić information content (AvgIpc) is 3.04. The summed E-state index contributed by atoms with van der Waals surface area (Å²) in [5.41, 5.74) is 7.29. The number of carbonyl (C=O) groups is 1. The molecule has 1 fully saturated rings. The van der Waals surface area contributed by atoms with Crippen molar-refractivity contribution in [3.8, 4) is 0 Å². The molecule has 0 bridgehead atoms. The van der Waals surface area contributed by atoms with Crippen LogP contribution in [0.3, 0.4) is 0 Å². The summed E-state index contributed by atoms with van der Waals surface area (Å²) in [6.07, 6.45) is 0.319. The molecule has 4 rings (SSSR count). The van der Waals surface area contributed by atoms with Crippen LogP contribution in [0, 0.1) is 0 Å². The number of nitrogens with zero attached hydrogens (tertiary/aromatic N) is 4. The van der Waals surface area contributed by atoms with Crippen molar-refractivity contribution < 1.29 is 4.79 Å². The quantitative estimate of drug-likeness (QED) is 0.700. The van der Waals surface area contributed by atoms with Crippen molar-refractivity contribution in [3.63, 3.8) is 0 Å². The van der Waals surface area contributed by atoms with Crippen LogP contribution >= 0.6 is 34.5 Å². The van der Waals surface area contributed by atoms with Gasteiger partial charge < -0.3 is 15.5 Å². The monoisotopic (exact) mass is 421 g/mol. The van der Waals surface area contributed by atoms with Crippen molar-refractivity contribution in [1.29, 1.82) is 0 Å². The topological polar surface area (TPSA) is 75.3 Å². The van der Waals surface area contributed by atoms with Crippen LogP contribution in [0.2, 0.25) is 10.0 Å². The highest BCUT2D eigenvalue weighted by Gasteiger charge is 2.22. The zero-order chi connectivity index (χ0) is 19.0. The van der Waals surface area contributed by atoms with Gasteiger partial charge in [-0.05, 0) is 29.8 Å². The van der Waals surface area contributed by atoms with Crippen LogP contribution in [0.15, 0.2) is 30.3 Å². The van der Waals surface area contributed by atoms with E-state index in [0.29, 0.717) is 40.3 Å². The van der Waals surface area contributed by atoms with Crippen LogP contribution in [-0.2, 0) is 11.2 Å². The van der Waals surface area contributed by atoms with Crippen molar-refractivity contribution in [1.82, 2.24) is 14.9 Å². The maximum atomic E-state index is 12.6. The van der Waals surface area contributed by atoms with Crippen LogP contribution in [0.4, 0.5) is 10.9 Å².